The van der Waals surface area contributed by atoms with Crippen LogP contribution in [0.5, 0.6) is 0 Å². The van der Waals surface area contributed by atoms with Crippen LogP contribution in [0.15, 0.2) is 0 Å². The second kappa shape index (κ2) is 5.87. The van der Waals surface area contributed by atoms with E-state index in [2.05, 4.69) is 5.32 Å². The van der Waals surface area contributed by atoms with Crippen molar-refractivity contribution in [3.63, 3.8) is 0 Å². The van der Waals surface area contributed by atoms with Crippen molar-refractivity contribution in [3.8, 4) is 0 Å². The van der Waals surface area contributed by atoms with Crippen molar-refractivity contribution in [3.05, 3.63) is 0 Å². The zero-order valence-electron chi connectivity index (χ0n) is 11.5. The Morgan fingerprint density at radius 1 is 1.35 bits per heavy atom. The Kier molecular flexibility index (Phi) is 4.56. The Hall–Kier alpha value is -0.850. The van der Waals surface area contributed by atoms with E-state index in [1.54, 1.807) is 0 Å². The molecule has 0 bridgehead atoms. The molecule has 2 aliphatic heterocycles. The number of ether oxygens (including phenoxy) is 1. The molecule has 2 heterocycles. The predicted octanol–water partition coefficient (Wildman–Crippen LogP) is -0.204. The topological polar surface area (TPSA) is 84.7 Å². The number of carbonyl (C=O) groups is 2. The van der Waals surface area contributed by atoms with E-state index in [4.69, 9.17) is 10.5 Å². The van der Waals surface area contributed by atoms with Crippen LogP contribution in [0.1, 0.15) is 32.1 Å². The van der Waals surface area contributed by atoms with Crippen molar-refractivity contribution in [2.75, 3.05) is 19.8 Å². The zero-order valence-corrected chi connectivity index (χ0v) is 12.3. The molecule has 0 aromatic heterocycles. The Morgan fingerprint density at radius 2 is 2.00 bits per heavy atom. The standard InChI is InChI=1S/C13H21N3O3.ClH/c14-13(3-5-19-6-4-13)12(18)15-9-7-11(17)16(8-9)10-1-2-10;/h9-10H,1-8,14H2,(H,15,18);1H. The van der Waals surface area contributed by atoms with Crippen molar-refractivity contribution in [1.82, 2.24) is 10.2 Å². The lowest BCUT2D eigenvalue weighted by Gasteiger charge is -2.32. The normalized spacial score (nSPS) is 28.9. The van der Waals surface area contributed by atoms with Crippen LogP contribution in [-0.2, 0) is 14.3 Å². The molecule has 0 aromatic carbocycles. The highest BCUT2D eigenvalue weighted by atomic mass is 35.5. The molecular weight excluding hydrogens is 282 g/mol. The van der Waals surface area contributed by atoms with Gasteiger partial charge >= 0.3 is 0 Å². The molecule has 2 amide bonds. The average Bonchev–Trinajstić information content (AvgIpc) is 3.15. The third-order valence-electron chi connectivity index (χ3n) is 4.32. The molecule has 7 heteroatoms. The van der Waals surface area contributed by atoms with Gasteiger partial charge in [-0.05, 0) is 25.7 Å². The van der Waals surface area contributed by atoms with Gasteiger partial charge in [0.2, 0.25) is 11.8 Å². The molecule has 114 valence electrons. The molecule has 3 N–H and O–H groups in total. The van der Waals surface area contributed by atoms with Crippen LogP contribution in [-0.4, -0.2) is 54.1 Å². The van der Waals surface area contributed by atoms with E-state index in [9.17, 15) is 9.59 Å². The minimum atomic E-state index is -0.825. The summed E-state index contributed by atoms with van der Waals surface area (Å²) in [4.78, 5) is 26.0. The summed E-state index contributed by atoms with van der Waals surface area (Å²) in [5.41, 5.74) is 5.31. The number of nitrogens with two attached hydrogens (primary N) is 1. The fourth-order valence-corrected chi connectivity index (χ4v) is 2.86. The molecule has 6 nitrogen and oxygen atoms in total. The largest absolute Gasteiger partial charge is 0.381 e. The lowest BCUT2D eigenvalue weighted by Crippen LogP contribution is -2.59. The van der Waals surface area contributed by atoms with Crippen molar-refractivity contribution >= 4 is 24.2 Å². The summed E-state index contributed by atoms with van der Waals surface area (Å²) in [6, 6.07) is 0.341. The molecule has 1 unspecified atom stereocenters. The predicted molar refractivity (Wildman–Crippen MR) is 75.5 cm³/mol. The van der Waals surface area contributed by atoms with Gasteiger partial charge in [0.25, 0.3) is 0 Å². The van der Waals surface area contributed by atoms with Crippen LogP contribution < -0.4 is 11.1 Å². The smallest absolute Gasteiger partial charge is 0.240 e. The minimum absolute atomic E-state index is 0. The van der Waals surface area contributed by atoms with Gasteiger partial charge in [-0.3, -0.25) is 9.59 Å². The van der Waals surface area contributed by atoms with Gasteiger partial charge in [0.15, 0.2) is 0 Å². The molecule has 0 aromatic rings. The SMILES string of the molecule is Cl.NC1(C(=O)NC2CC(=O)N(C3CC3)C2)CCOCC1. The van der Waals surface area contributed by atoms with Gasteiger partial charge in [-0.25, -0.2) is 0 Å². The van der Waals surface area contributed by atoms with Crippen molar-refractivity contribution in [1.29, 1.82) is 0 Å². The van der Waals surface area contributed by atoms with E-state index >= 15 is 0 Å². The quantitative estimate of drug-likeness (QED) is 0.756. The number of rotatable bonds is 3. The van der Waals surface area contributed by atoms with Gasteiger partial charge < -0.3 is 20.7 Å². The Morgan fingerprint density at radius 3 is 2.60 bits per heavy atom. The van der Waals surface area contributed by atoms with Crippen LogP contribution in [0.25, 0.3) is 0 Å². The number of halogens is 1. The van der Waals surface area contributed by atoms with Gasteiger partial charge in [0, 0.05) is 32.2 Å². The van der Waals surface area contributed by atoms with Crippen molar-refractivity contribution in [2.24, 2.45) is 5.73 Å². The highest BCUT2D eigenvalue weighted by Gasteiger charge is 2.42. The van der Waals surface area contributed by atoms with Crippen molar-refractivity contribution < 1.29 is 14.3 Å². The van der Waals surface area contributed by atoms with E-state index in [1.807, 2.05) is 4.90 Å². The molecule has 20 heavy (non-hydrogen) atoms. The molecule has 3 fully saturated rings. The summed E-state index contributed by atoms with van der Waals surface area (Å²) < 4.78 is 5.24. The average molecular weight is 304 g/mol. The Labute approximate surface area is 124 Å². The molecule has 1 aliphatic carbocycles. The molecular formula is C13H22ClN3O3. The molecule has 1 atom stereocenters. The number of hydrogen-bond acceptors (Lipinski definition) is 4. The lowest BCUT2D eigenvalue weighted by atomic mass is 9.90. The Bertz CT molecular complexity index is 394. The van der Waals surface area contributed by atoms with E-state index in [0.717, 1.165) is 12.8 Å². The number of amides is 2. The fraction of sp³-hybridized carbons (Fsp3) is 0.846. The van der Waals surface area contributed by atoms with Crippen LogP contribution in [0.2, 0.25) is 0 Å². The van der Waals surface area contributed by atoms with E-state index in [0.29, 0.717) is 45.1 Å². The van der Waals surface area contributed by atoms with Gasteiger partial charge in [0.05, 0.1) is 11.6 Å². The number of nitrogens with one attached hydrogen (secondary N) is 1. The van der Waals surface area contributed by atoms with E-state index in [-0.39, 0.29) is 30.3 Å². The van der Waals surface area contributed by atoms with Crippen molar-refractivity contribution in [2.45, 2.75) is 49.7 Å². The first kappa shape index (κ1) is 15.5. The number of likely N-dealkylation sites (tertiary alicyclic amines) is 1. The minimum Gasteiger partial charge on any atom is -0.381 e. The maximum Gasteiger partial charge on any atom is 0.240 e. The summed E-state index contributed by atoms with van der Waals surface area (Å²) in [5, 5.41) is 2.95. The number of nitrogens with zero attached hydrogens (tertiary/aromatic N) is 1. The van der Waals surface area contributed by atoms with Crippen LogP contribution in [0.3, 0.4) is 0 Å². The Balaban J connectivity index is 0.00000147. The first-order chi connectivity index (χ1) is 9.08. The maximum atomic E-state index is 12.3. The van der Waals surface area contributed by atoms with E-state index in [1.165, 1.54) is 0 Å². The zero-order chi connectivity index (χ0) is 13.5. The fourth-order valence-electron chi connectivity index (χ4n) is 2.86. The summed E-state index contributed by atoms with van der Waals surface area (Å²) in [5.74, 6) is 0.0251. The van der Waals surface area contributed by atoms with Gasteiger partial charge in [-0.15, -0.1) is 12.4 Å². The summed E-state index contributed by atoms with van der Waals surface area (Å²) in [7, 11) is 0. The molecule has 3 rings (SSSR count). The summed E-state index contributed by atoms with van der Waals surface area (Å²) in [6.45, 7) is 1.70. The summed E-state index contributed by atoms with van der Waals surface area (Å²) in [6.07, 6.45) is 3.71. The first-order valence-corrected chi connectivity index (χ1v) is 7.05. The third kappa shape index (κ3) is 3.07. The molecule has 3 aliphatic rings. The van der Waals surface area contributed by atoms with Crippen LogP contribution in [0.4, 0.5) is 0 Å². The van der Waals surface area contributed by atoms with Gasteiger partial charge in [-0.1, -0.05) is 0 Å². The highest BCUT2D eigenvalue weighted by molar-refractivity contribution is 5.88. The van der Waals surface area contributed by atoms with Crippen LogP contribution >= 0.6 is 12.4 Å². The summed E-state index contributed by atoms with van der Waals surface area (Å²) >= 11 is 0. The van der Waals surface area contributed by atoms with Crippen LogP contribution in [0, 0.1) is 0 Å². The third-order valence-corrected chi connectivity index (χ3v) is 4.32. The molecule has 0 radical (unpaired) electrons. The lowest BCUT2D eigenvalue weighted by molar-refractivity contribution is -0.130. The number of hydrogen-bond donors (Lipinski definition) is 2. The van der Waals surface area contributed by atoms with Gasteiger partial charge in [-0.2, -0.15) is 0 Å². The second-order valence-electron chi connectivity index (χ2n) is 5.92. The first-order valence-electron chi connectivity index (χ1n) is 7.05. The van der Waals surface area contributed by atoms with Gasteiger partial charge in [0.1, 0.15) is 0 Å². The molecule has 0 spiro atoms. The monoisotopic (exact) mass is 303 g/mol. The number of carbonyl (C=O) groups excluding carboxylic acids is 2. The molecule has 2 saturated heterocycles. The van der Waals surface area contributed by atoms with E-state index < -0.39 is 5.54 Å². The maximum absolute atomic E-state index is 12.3. The second-order valence-corrected chi connectivity index (χ2v) is 5.92. The highest BCUT2D eigenvalue weighted by Crippen LogP contribution is 2.30. The molecule has 1 saturated carbocycles.